The van der Waals surface area contributed by atoms with Crippen molar-refractivity contribution in [3.05, 3.63) is 59.8 Å². The molecule has 184 valence electrons. The molecule has 3 aromatic rings. The van der Waals surface area contributed by atoms with Gasteiger partial charge in [0, 0.05) is 30.9 Å². The normalized spacial score (nSPS) is 17.8. The van der Waals surface area contributed by atoms with Crippen molar-refractivity contribution in [3.63, 3.8) is 0 Å². The summed E-state index contributed by atoms with van der Waals surface area (Å²) in [7, 11) is 0. The SMILES string of the molecule is CC(C)c1c(C(=O)N2CCC(N3CCCCC3)CC2)cnn1-c1nccc(-c2ccccc2F)n1. The number of amides is 1. The topological polar surface area (TPSA) is 67.2 Å². The van der Waals surface area contributed by atoms with Crippen LogP contribution in [0, 0.1) is 5.82 Å². The van der Waals surface area contributed by atoms with E-state index in [4.69, 9.17) is 0 Å². The minimum atomic E-state index is -0.342. The van der Waals surface area contributed by atoms with Gasteiger partial charge in [0.25, 0.3) is 11.9 Å². The molecule has 8 heteroatoms. The van der Waals surface area contributed by atoms with Crippen molar-refractivity contribution in [1.29, 1.82) is 0 Å². The lowest BCUT2D eigenvalue weighted by molar-refractivity contribution is 0.0588. The van der Waals surface area contributed by atoms with Crippen LogP contribution in [0.3, 0.4) is 0 Å². The van der Waals surface area contributed by atoms with Crippen LogP contribution in [-0.2, 0) is 0 Å². The third kappa shape index (κ3) is 4.85. The standard InChI is InChI=1S/C27H33FN6O/c1-19(2)25-22(26(35)33-16-11-20(12-17-33)32-14-6-3-7-15-32)18-30-34(25)27-29-13-10-24(31-27)21-8-4-5-9-23(21)28/h4-5,8-10,13,18-20H,3,6-7,11-12,14-17H2,1-2H3. The van der Waals surface area contributed by atoms with E-state index in [2.05, 4.69) is 20.0 Å². The van der Waals surface area contributed by atoms with Crippen LogP contribution < -0.4 is 0 Å². The number of aromatic nitrogens is 4. The van der Waals surface area contributed by atoms with E-state index >= 15 is 0 Å². The molecular weight excluding hydrogens is 443 g/mol. The first kappa shape index (κ1) is 23.6. The molecule has 4 heterocycles. The number of benzene rings is 1. The number of carbonyl (C=O) groups is 1. The third-order valence-electron chi connectivity index (χ3n) is 7.22. The van der Waals surface area contributed by atoms with Gasteiger partial charge < -0.3 is 9.80 Å². The van der Waals surface area contributed by atoms with Crippen LogP contribution >= 0.6 is 0 Å². The van der Waals surface area contributed by atoms with Crippen LogP contribution in [0.1, 0.15) is 67.9 Å². The van der Waals surface area contributed by atoms with E-state index in [0.717, 1.165) is 31.6 Å². The monoisotopic (exact) mass is 476 g/mol. The predicted molar refractivity (Wildman–Crippen MR) is 133 cm³/mol. The van der Waals surface area contributed by atoms with Crippen molar-refractivity contribution >= 4 is 5.91 Å². The van der Waals surface area contributed by atoms with Crippen LogP contribution in [0.25, 0.3) is 17.2 Å². The van der Waals surface area contributed by atoms with Gasteiger partial charge in [-0.25, -0.2) is 19.0 Å². The van der Waals surface area contributed by atoms with Crippen LogP contribution in [0.15, 0.2) is 42.7 Å². The Labute approximate surface area is 206 Å². The second-order valence-electron chi connectivity index (χ2n) is 9.85. The maximum absolute atomic E-state index is 14.3. The summed E-state index contributed by atoms with van der Waals surface area (Å²) in [5.41, 5.74) is 2.25. The molecule has 7 nitrogen and oxygen atoms in total. The summed E-state index contributed by atoms with van der Waals surface area (Å²) in [6.07, 6.45) is 9.18. The van der Waals surface area contributed by atoms with E-state index < -0.39 is 0 Å². The highest BCUT2D eigenvalue weighted by atomic mass is 19.1. The molecule has 35 heavy (non-hydrogen) atoms. The lowest BCUT2D eigenvalue weighted by atomic mass is 9.98. The highest BCUT2D eigenvalue weighted by Gasteiger charge is 2.31. The van der Waals surface area contributed by atoms with Crippen molar-refractivity contribution in [2.24, 2.45) is 0 Å². The van der Waals surface area contributed by atoms with Crippen LogP contribution in [-0.4, -0.2) is 67.7 Å². The van der Waals surface area contributed by atoms with Crippen molar-refractivity contribution in [1.82, 2.24) is 29.5 Å². The fourth-order valence-electron chi connectivity index (χ4n) is 5.39. The molecule has 0 radical (unpaired) electrons. The zero-order valence-electron chi connectivity index (χ0n) is 20.5. The summed E-state index contributed by atoms with van der Waals surface area (Å²) in [5.74, 6) is 0.0354. The van der Waals surface area contributed by atoms with Crippen LogP contribution in [0.2, 0.25) is 0 Å². The van der Waals surface area contributed by atoms with Gasteiger partial charge in [-0.05, 0) is 62.9 Å². The van der Waals surface area contributed by atoms with Crippen LogP contribution in [0.5, 0.6) is 0 Å². The Bertz CT molecular complexity index is 1180. The second-order valence-corrected chi connectivity index (χ2v) is 9.85. The summed E-state index contributed by atoms with van der Waals surface area (Å²) >= 11 is 0. The Morgan fingerprint density at radius 2 is 1.77 bits per heavy atom. The second kappa shape index (κ2) is 10.2. The highest BCUT2D eigenvalue weighted by Crippen LogP contribution is 2.27. The molecule has 2 aliphatic rings. The fraction of sp³-hybridized carbons (Fsp3) is 0.481. The Kier molecular flexibility index (Phi) is 6.90. The molecule has 1 amide bonds. The molecular formula is C27H33FN6O. The molecule has 1 aromatic carbocycles. The third-order valence-corrected chi connectivity index (χ3v) is 7.22. The quantitative estimate of drug-likeness (QED) is 0.535. The molecule has 0 spiro atoms. The van der Waals surface area contributed by atoms with Crippen molar-refractivity contribution in [2.45, 2.75) is 57.9 Å². The first-order chi connectivity index (χ1) is 17.0. The molecule has 2 aromatic heterocycles. The van der Waals surface area contributed by atoms with E-state index in [9.17, 15) is 9.18 Å². The molecule has 5 rings (SSSR count). The molecule has 0 saturated carbocycles. The Hall–Kier alpha value is -3.13. The van der Waals surface area contributed by atoms with Gasteiger partial charge in [-0.2, -0.15) is 5.10 Å². The predicted octanol–water partition coefficient (Wildman–Crippen LogP) is 4.68. The number of nitrogens with zero attached hydrogens (tertiary/aromatic N) is 6. The van der Waals surface area contributed by atoms with E-state index in [1.165, 1.54) is 38.4 Å². The Morgan fingerprint density at radius 1 is 1.03 bits per heavy atom. The molecule has 2 aliphatic heterocycles. The van der Waals surface area contributed by atoms with Gasteiger partial charge in [-0.1, -0.05) is 32.4 Å². The molecule has 0 bridgehead atoms. The van der Waals surface area contributed by atoms with E-state index in [0.29, 0.717) is 28.8 Å². The average molecular weight is 477 g/mol. The lowest BCUT2D eigenvalue weighted by Gasteiger charge is -2.40. The summed E-state index contributed by atoms with van der Waals surface area (Å²) in [6.45, 7) is 7.98. The molecule has 0 atom stereocenters. The number of hydrogen-bond donors (Lipinski definition) is 0. The maximum Gasteiger partial charge on any atom is 0.257 e. The van der Waals surface area contributed by atoms with Gasteiger partial charge in [0.1, 0.15) is 5.82 Å². The fourth-order valence-corrected chi connectivity index (χ4v) is 5.39. The van der Waals surface area contributed by atoms with Crippen molar-refractivity contribution in [3.8, 4) is 17.2 Å². The van der Waals surface area contributed by atoms with Crippen molar-refractivity contribution < 1.29 is 9.18 Å². The van der Waals surface area contributed by atoms with Gasteiger partial charge in [-0.3, -0.25) is 4.79 Å². The van der Waals surface area contributed by atoms with Crippen molar-refractivity contribution in [2.75, 3.05) is 26.2 Å². The number of halogens is 1. The largest absolute Gasteiger partial charge is 0.338 e. The molecule has 2 saturated heterocycles. The number of likely N-dealkylation sites (tertiary alicyclic amines) is 2. The number of carbonyl (C=O) groups excluding carboxylic acids is 1. The molecule has 0 aliphatic carbocycles. The van der Waals surface area contributed by atoms with E-state index in [-0.39, 0.29) is 17.6 Å². The summed E-state index contributed by atoms with van der Waals surface area (Å²) in [4.78, 5) is 27.1. The highest BCUT2D eigenvalue weighted by molar-refractivity contribution is 5.95. The lowest BCUT2D eigenvalue weighted by Crippen LogP contribution is -2.48. The number of hydrogen-bond acceptors (Lipinski definition) is 5. The van der Waals surface area contributed by atoms with Gasteiger partial charge in [0.15, 0.2) is 0 Å². The van der Waals surface area contributed by atoms with Gasteiger partial charge in [-0.15, -0.1) is 0 Å². The first-order valence-electron chi connectivity index (χ1n) is 12.7. The first-order valence-corrected chi connectivity index (χ1v) is 12.7. The smallest absolute Gasteiger partial charge is 0.257 e. The summed E-state index contributed by atoms with van der Waals surface area (Å²) in [5, 5.41) is 4.51. The summed E-state index contributed by atoms with van der Waals surface area (Å²) < 4.78 is 16.0. The minimum absolute atomic E-state index is 0.0160. The molecule has 0 N–H and O–H groups in total. The number of rotatable bonds is 5. The molecule has 0 unspecified atom stereocenters. The zero-order chi connectivity index (χ0) is 24.4. The van der Waals surface area contributed by atoms with E-state index in [1.54, 1.807) is 41.3 Å². The average Bonchev–Trinajstić information content (AvgIpc) is 3.35. The van der Waals surface area contributed by atoms with Crippen LogP contribution in [0.4, 0.5) is 4.39 Å². The maximum atomic E-state index is 14.3. The van der Waals surface area contributed by atoms with Gasteiger partial charge >= 0.3 is 0 Å². The minimum Gasteiger partial charge on any atom is -0.338 e. The molecule has 2 fully saturated rings. The van der Waals surface area contributed by atoms with Gasteiger partial charge in [0.2, 0.25) is 0 Å². The summed E-state index contributed by atoms with van der Waals surface area (Å²) in [6, 6.07) is 8.80. The van der Waals surface area contributed by atoms with Gasteiger partial charge in [0.05, 0.1) is 23.1 Å². The van der Waals surface area contributed by atoms with E-state index in [1.807, 2.05) is 18.7 Å². The number of piperidine rings is 2. The Morgan fingerprint density at radius 3 is 2.49 bits per heavy atom. The zero-order valence-corrected chi connectivity index (χ0v) is 20.5. The Balaban J connectivity index is 1.37.